The van der Waals surface area contributed by atoms with Gasteiger partial charge in [-0.05, 0) is 17.7 Å². The van der Waals surface area contributed by atoms with Gasteiger partial charge in [0.25, 0.3) is 0 Å². The van der Waals surface area contributed by atoms with Crippen molar-refractivity contribution in [2.75, 3.05) is 14.2 Å². The summed E-state index contributed by atoms with van der Waals surface area (Å²) in [4.78, 5) is 21.8. The number of halogens is 3. The minimum atomic E-state index is -5.10. The van der Waals surface area contributed by atoms with E-state index in [0.29, 0.717) is 5.56 Å². The summed E-state index contributed by atoms with van der Waals surface area (Å²) in [5.74, 6) is -3.35. The quantitative estimate of drug-likeness (QED) is 0.626. The van der Waals surface area contributed by atoms with E-state index in [9.17, 15) is 22.8 Å². The zero-order chi connectivity index (χ0) is 15.3. The van der Waals surface area contributed by atoms with Crippen molar-refractivity contribution >= 4 is 11.9 Å². The summed E-state index contributed by atoms with van der Waals surface area (Å²) in [7, 11) is 2.40. The molecular weight excluding hydrogens is 281 g/mol. The lowest BCUT2D eigenvalue weighted by atomic mass is 10.1. The van der Waals surface area contributed by atoms with Crippen LogP contribution in [0.5, 0.6) is 11.5 Å². The Balaban J connectivity index is 2.94. The molecular formula is C12H11F3O5. The Morgan fingerprint density at radius 1 is 1.15 bits per heavy atom. The highest BCUT2D eigenvalue weighted by molar-refractivity contribution is 5.79. The number of esters is 2. The zero-order valence-electron chi connectivity index (χ0n) is 10.6. The van der Waals surface area contributed by atoms with E-state index in [1.165, 1.54) is 26.4 Å². The molecule has 0 radical (unpaired) electrons. The number of benzene rings is 1. The van der Waals surface area contributed by atoms with Gasteiger partial charge in [0.15, 0.2) is 11.5 Å². The van der Waals surface area contributed by atoms with Gasteiger partial charge in [-0.25, -0.2) is 4.79 Å². The number of hydrogen-bond donors (Lipinski definition) is 0. The molecule has 1 rings (SSSR count). The van der Waals surface area contributed by atoms with Crippen LogP contribution in [0.1, 0.15) is 5.56 Å². The van der Waals surface area contributed by atoms with Gasteiger partial charge < -0.3 is 14.2 Å². The number of alkyl halides is 3. The maximum atomic E-state index is 12.1. The van der Waals surface area contributed by atoms with E-state index in [1.807, 2.05) is 0 Å². The van der Waals surface area contributed by atoms with Crippen LogP contribution in [0.3, 0.4) is 0 Å². The van der Waals surface area contributed by atoms with Gasteiger partial charge in [0.2, 0.25) is 0 Å². The predicted octanol–water partition coefficient (Wildman–Crippen LogP) is 1.88. The maximum Gasteiger partial charge on any atom is 0.491 e. The summed E-state index contributed by atoms with van der Waals surface area (Å²) in [5, 5.41) is 0. The maximum absolute atomic E-state index is 12.1. The van der Waals surface area contributed by atoms with E-state index in [0.717, 1.165) is 6.07 Å². The van der Waals surface area contributed by atoms with Gasteiger partial charge in [-0.1, -0.05) is 6.07 Å². The van der Waals surface area contributed by atoms with E-state index in [1.54, 1.807) is 0 Å². The number of rotatable bonds is 4. The van der Waals surface area contributed by atoms with Gasteiger partial charge >= 0.3 is 18.1 Å². The number of methoxy groups -OCH3 is 2. The third-order valence-electron chi connectivity index (χ3n) is 2.24. The van der Waals surface area contributed by atoms with Crippen molar-refractivity contribution in [3.63, 3.8) is 0 Å². The Kier molecular flexibility index (Phi) is 4.95. The van der Waals surface area contributed by atoms with Crippen LogP contribution in [0.2, 0.25) is 0 Å². The molecule has 0 unspecified atom stereocenters. The third kappa shape index (κ3) is 4.15. The molecule has 0 aliphatic carbocycles. The van der Waals surface area contributed by atoms with Crippen LogP contribution in [-0.2, 0) is 20.7 Å². The van der Waals surface area contributed by atoms with Gasteiger partial charge in [-0.2, -0.15) is 13.2 Å². The number of carbonyl (C=O) groups excluding carboxylic acids is 2. The molecule has 0 saturated heterocycles. The molecule has 110 valence electrons. The first-order chi connectivity index (χ1) is 9.27. The Bertz CT molecular complexity index is 510. The monoisotopic (exact) mass is 292 g/mol. The third-order valence-corrected chi connectivity index (χ3v) is 2.24. The van der Waals surface area contributed by atoms with Gasteiger partial charge in [0.1, 0.15) is 0 Å². The first-order valence-corrected chi connectivity index (χ1v) is 5.30. The van der Waals surface area contributed by atoms with Crippen molar-refractivity contribution in [3.05, 3.63) is 23.8 Å². The highest BCUT2D eigenvalue weighted by atomic mass is 19.4. The molecule has 1 aromatic carbocycles. The molecule has 0 heterocycles. The van der Waals surface area contributed by atoms with Crippen molar-refractivity contribution in [2.24, 2.45) is 0 Å². The molecule has 0 bridgehead atoms. The Labute approximate surface area is 112 Å². The van der Waals surface area contributed by atoms with Crippen LogP contribution in [0.25, 0.3) is 0 Å². The molecule has 1 aromatic rings. The second kappa shape index (κ2) is 6.27. The molecule has 0 aromatic heterocycles. The van der Waals surface area contributed by atoms with Gasteiger partial charge in [0.05, 0.1) is 20.6 Å². The normalized spacial score (nSPS) is 10.8. The predicted molar refractivity (Wildman–Crippen MR) is 60.4 cm³/mol. The second-order valence-electron chi connectivity index (χ2n) is 3.63. The van der Waals surface area contributed by atoms with Crippen LogP contribution in [-0.4, -0.2) is 32.3 Å². The zero-order valence-corrected chi connectivity index (χ0v) is 10.6. The minimum Gasteiger partial charge on any atom is -0.493 e. The average Bonchev–Trinajstić information content (AvgIpc) is 2.39. The molecule has 0 aliphatic rings. The summed E-state index contributed by atoms with van der Waals surface area (Å²) in [6.45, 7) is 0. The van der Waals surface area contributed by atoms with Crippen LogP contribution >= 0.6 is 0 Å². The Hall–Kier alpha value is -2.25. The van der Waals surface area contributed by atoms with Crippen molar-refractivity contribution in [3.8, 4) is 11.5 Å². The van der Waals surface area contributed by atoms with Crippen LogP contribution in [0, 0.1) is 0 Å². The highest BCUT2D eigenvalue weighted by Gasteiger charge is 2.41. The fraction of sp³-hybridized carbons (Fsp3) is 0.333. The van der Waals surface area contributed by atoms with E-state index in [2.05, 4.69) is 9.47 Å². The minimum absolute atomic E-state index is 0.0830. The fourth-order valence-corrected chi connectivity index (χ4v) is 1.30. The molecule has 0 fully saturated rings. The molecule has 0 amide bonds. The van der Waals surface area contributed by atoms with E-state index >= 15 is 0 Å². The van der Waals surface area contributed by atoms with E-state index in [4.69, 9.17) is 4.74 Å². The van der Waals surface area contributed by atoms with E-state index < -0.39 is 18.1 Å². The van der Waals surface area contributed by atoms with Crippen LogP contribution in [0.15, 0.2) is 18.2 Å². The smallest absolute Gasteiger partial charge is 0.491 e. The lowest BCUT2D eigenvalue weighted by Crippen LogP contribution is -2.28. The number of carbonyl (C=O) groups is 2. The summed E-state index contributed by atoms with van der Waals surface area (Å²) in [6, 6.07) is 3.73. The molecule has 0 atom stereocenters. The van der Waals surface area contributed by atoms with Gasteiger partial charge in [0, 0.05) is 0 Å². The summed E-state index contributed by atoms with van der Waals surface area (Å²) >= 11 is 0. The summed E-state index contributed by atoms with van der Waals surface area (Å²) in [5.41, 5.74) is 0.445. The second-order valence-corrected chi connectivity index (χ2v) is 3.63. The molecule has 0 aliphatic heterocycles. The lowest BCUT2D eigenvalue weighted by Gasteiger charge is -2.11. The first kappa shape index (κ1) is 15.8. The number of ether oxygens (including phenoxy) is 3. The average molecular weight is 292 g/mol. The van der Waals surface area contributed by atoms with Crippen LogP contribution in [0.4, 0.5) is 13.2 Å². The lowest BCUT2D eigenvalue weighted by molar-refractivity contribution is -0.189. The number of hydrogen-bond acceptors (Lipinski definition) is 5. The Morgan fingerprint density at radius 2 is 1.80 bits per heavy atom. The van der Waals surface area contributed by atoms with Crippen LogP contribution < -0.4 is 9.47 Å². The molecule has 0 spiro atoms. The highest BCUT2D eigenvalue weighted by Crippen LogP contribution is 2.30. The molecule has 0 N–H and O–H groups in total. The fourth-order valence-electron chi connectivity index (χ4n) is 1.30. The molecule has 20 heavy (non-hydrogen) atoms. The standard InChI is InChI=1S/C12H11F3O5/c1-18-9-5-7(6-10(16)19-2)3-4-8(9)20-11(17)12(13,14)15/h3-5H,6H2,1-2H3. The van der Waals surface area contributed by atoms with Gasteiger partial charge in [-0.3, -0.25) is 4.79 Å². The van der Waals surface area contributed by atoms with Gasteiger partial charge in [-0.15, -0.1) is 0 Å². The first-order valence-electron chi connectivity index (χ1n) is 5.30. The molecule has 5 nitrogen and oxygen atoms in total. The van der Waals surface area contributed by atoms with Crippen molar-refractivity contribution in [2.45, 2.75) is 12.6 Å². The van der Waals surface area contributed by atoms with Crippen molar-refractivity contribution < 1.29 is 37.0 Å². The largest absolute Gasteiger partial charge is 0.493 e. The molecule has 8 heteroatoms. The van der Waals surface area contributed by atoms with Crippen molar-refractivity contribution in [1.29, 1.82) is 0 Å². The van der Waals surface area contributed by atoms with E-state index in [-0.39, 0.29) is 17.9 Å². The Morgan fingerprint density at radius 3 is 2.30 bits per heavy atom. The molecule has 0 saturated carbocycles. The van der Waals surface area contributed by atoms with Crippen molar-refractivity contribution in [1.82, 2.24) is 0 Å². The topological polar surface area (TPSA) is 61.8 Å². The SMILES string of the molecule is COC(=O)Cc1ccc(OC(=O)C(F)(F)F)c(OC)c1. The summed E-state index contributed by atoms with van der Waals surface area (Å²) in [6.07, 6.45) is -5.18. The summed E-state index contributed by atoms with van der Waals surface area (Å²) < 4.78 is 49.7.